The van der Waals surface area contributed by atoms with Gasteiger partial charge in [0.2, 0.25) is 10.0 Å². The van der Waals surface area contributed by atoms with E-state index in [0.717, 1.165) is 7.11 Å². The Kier molecular flexibility index (Phi) is 4.71. The monoisotopic (exact) mass is 373 g/mol. The number of ketones is 2. The topological polar surface area (TPSA) is 97.8 Å². The molecule has 26 heavy (non-hydrogen) atoms. The highest BCUT2D eigenvalue weighted by atomic mass is 32.2. The van der Waals surface area contributed by atoms with Gasteiger partial charge in [-0.1, -0.05) is 42.5 Å². The minimum atomic E-state index is -4.23. The second-order valence-corrected chi connectivity index (χ2v) is 7.48. The number of Topliss-reactive ketones (excluding diaryl/α,β-unsaturated/α-hetero) is 2. The fraction of sp³-hybridized carbons (Fsp3) is 0.167. The summed E-state index contributed by atoms with van der Waals surface area (Å²) in [6.07, 6.45) is 0. The number of sulfonamides is 1. The SMILES string of the molecule is COC(=O)CN1[C@H](C(=O)c2ccccc2)C(=O)c2ccccc2S1(=O)=O. The van der Waals surface area contributed by atoms with E-state index in [-0.39, 0.29) is 16.0 Å². The van der Waals surface area contributed by atoms with Gasteiger partial charge < -0.3 is 4.74 Å². The van der Waals surface area contributed by atoms with Gasteiger partial charge in [-0.05, 0) is 12.1 Å². The summed E-state index contributed by atoms with van der Waals surface area (Å²) < 4.78 is 31.1. The molecule has 0 aliphatic carbocycles. The summed E-state index contributed by atoms with van der Waals surface area (Å²) in [5, 5.41) is 0. The highest BCUT2D eigenvalue weighted by molar-refractivity contribution is 7.89. The van der Waals surface area contributed by atoms with Crippen LogP contribution < -0.4 is 0 Å². The molecule has 1 aliphatic rings. The number of benzene rings is 2. The smallest absolute Gasteiger partial charge is 0.321 e. The van der Waals surface area contributed by atoms with Gasteiger partial charge in [0.05, 0.1) is 12.0 Å². The van der Waals surface area contributed by atoms with Crippen molar-refractivity contribution in [2.24, 2.45) is 0 Å². The van der Waals surface area contributed by atoms with Crippen LogP contribution >= 0.6 is 0 Å². The molecule has 1 atom stereocenters. The minimum absolute atomic E-state index is 0.0668. The number of fused-ring (bicyclic) bond motifs is 1. The van der Waals surface area contributed by atoms with Crippen LogP contribution in [0.2, 0.25) is 0 Å². The fourth-order valence-electron chi connectivity index (χ4n) is 2.82. The van der Waals surface area contributed by atoms with Crippen LogP contribution in [0.5, 0.6) is 0 Å². The number of carbonyl (C=O) groups excluding carboxylic acids is 3. The molecule has 0 spiro atoms. The summed E-state index contributed by atoms with van der Waals surface area (Å²) >= 11 is 0. The molecule has 1 heterocycles. The maximum atomic E-state index is 13.0. The Bertz CT molecular complexity index is 984. The van der Waals surface area contributed by atoms with E-state index in [1.807, 2.05) is 0 Å². The molecule has 0 bridgehead atoms. The van der Waals surface area contributed by atoms with Gasteiger partial charge in [-0.25, -0.2) is 8.42 Å². The number of nitrogens with zero attached hydrogens (tertiary/aromatic N) is 1. The van der Waals surface area contributed by atoms with Crippen molar-refractivity contribution < 1.29 is 27.5 Å². The zero-order chi connectivity index (χ0) is 18.9. The molecule has 7 nitrogen and oxygen atoms in total. The van der Waals surface area contributed by atoms with Crippen LogP contribution in [0.15, 0.2) is 59.5 Å². The first-order valence-corrected chi connectivity index (χ1v) is 9.13. The van der Waals surface area contributed by atoms with Crippen molar-refractivity contribution in [2.75, 3.05) is 13.7 Å². The predicted octanol–water partition coefficient (Wildman–Crippen LogP) is 1.30. The lowest BCUT2D eigenvalue weighted by Gasteiger charge is -2.33. The van der Waals surface area contributed by atoms with E-state index in [1.54, 1.807) is 18.2 Å². The van der Waals surface area contributed by atoms with Crippen LogP contribution in [0.25, 0.3) is 0 Å². The van der Waals surface area contributed by atoms with Crippen LogP contribution in [0, 0.1) is 0 Å². The number of carbonyl (C=O) groups is 3. The third kappa shape index (κ3) is 2.93. The lowest BCUT2D eigenvalue weighted by atomic mass is 9.96. The van der Waals surface area contributed by atoms with Gasteiger partial charge in [0, 0.05) is 11.1 Å². The van der Waals surface area contributed by atoms with E-state index in [1.165, 1.54) is 36.4 Å². The standard InChI is InChI=1S/C18H15NO6S/c1-25-15(20)11-19-16(17(21)12-7-3-2-4-8-12)18(22)13-9-5-6-10-14(13)26(19,23)24/h2-10,16H,11H2,1H3/t16-/m1/s1. The van der Waals surface area contributed by atoms with Gasteiger partial charge in [-0.3, -0.25) is 14.4 Å². The molecular formula is C18H15NO6S. The lowest BCUT2D eigenvalue weighted by molar-refractivity contribution is -0.140. The Morgan fingerprint density at radius 1 is 1.04 bits per heavy atom. The molecule has 0 saturated carbocycles. The molecule has 0 fully saturated rings. The molecule has 8 heteroatoms. The quantitative estimate of drug-likeness (QED) is 0.455. The van der Waals surface area contributed by atoms with Crippen molar-refractivity contribution in [1.29, 1.82) is 0 Å². The van der Waals surface area contributed by atoms with Crippen molar-refractivity contribution in [3.63, 3.8) is 0 Å². The third-order valence-electron chi connectivity index (χ3n) is 4.09. The molecule has 134 valence electrons. The van der Waals surface area contributed by atoms with Crippen LogP contribution in [0.4, 0.5) is 0 Å². The molecule has 0 unspecified atom stereocenters. The maximum Gasteiger partial charge on any atom is 0.321 e. The van der Waals surface area contributed by atoms with E-state index in [9.17, 15) is 22.8 Å². The summed E-state index contributed by atoms with van der Waals surface area (Å²) in [5.41, 5.74) is 0.109. The Morgan fingerprint density at radius 3 is 2.31 bits per heavy atom. The minimum Gasteiger partial charge on any atom is -0.468 e. The number of esters is 1. The molecule has 0 saturated heterocycles. The van der Waals surface area contributed by atoms with Crippen LogP contribution in [-0.4, -0.2) is 50.0 Å². The summed E-state index contributed by atoms with van der Waals surface area (Å²) in [5.74, 6) is -2.24. The van der Waals surface area contributed by atoms with Crippen LogP contribution in [0.1, 0.15) is 20.7 Å². The number of ether oxygens (including phenoxy) is 1. The average Bonchev–Trinajstić information content (AvgIpc) is 2.66. The van der Waals surface area contributed by atoms with Crippen LogP contribution in [0.3, 0.4) is 0 Å². The summed E-state index contributed by atoms with van der Waals surface area (Å²) in [7, 11) is -3.13. The van der Waals surface area contributed by atoms with Gasteiger partial charge in [0.1, 0.15) is 6.54 Å². The van der Waals surface area contributed by atoms with Crippen molar-refractivity contribution in [1.82, 2.24) is 4.31 Å². The number of rotatable bonds is 4. The van der Waals surface area contributed by atoms with Gasteiger partial charge in [-0.2, -0.15) is 4.31 Å². The molecule has 0 N–H and O–H groups in total. The van der Waals surface area contributed by atoms with E-state index >= 15 is 0 Å². The van der Waals surface area contributed by atoms with Crippen molar-refractivity contribution in [2.45, 2.75) is 10.9 Å². The number of hydrogen-bond donors (Lipinski definition) is 0. The normalized spacial score (nSPS) is 18.8. The fourth-order valence-corrected chi connectivity index (χ4v) is 4.51. The van der Waals surface area contributed by atoms with E-state index < -0.39 is 40.1 Å². The van der Waals surface area contributed by atoms with Crippen molar-refractivity contribution in [3.05, 3.63) is 65.7 Å². The molecule has 2 aromatic carbocycles. The first-order valence-electron chi connectivity index (χ1n) is 7.69. The summed E-state index contributed by atoms with van der Waals surface area (Å²) in [6, 6.07) is 11.8. The van der Waals surface area contributed by atoms with Gasteiger partial charge in [0.25, 0.3) is 0 Å². The third-order valence-corrected chi connectivity index (χ3v) is 5.96. The molecule has 0 amide bonds. The zero-order valence-corrected chi connectivity index (χ0v) is 14.6. The second kappa shape index (κ2) is 6.81. The Hall–Kier alpha value is -2.84. The molecule has 1 aliphatic heterocycles. The van der Waals surface area contributed by atoms with Crippen molar-refractivity contribution in [3.8, 4) is 0 Å². The predicted molar refractivity (Wildman–Crippen MR) is 91.2 cm³/mol. The Morgan fingerprint density at radius 2 is 1.65 bits per heavy atom. The Labute approximate surface area is 150 Å². The molecule has 3 rings (SSSR count). The highest BCUT2D eigenvalue weighted by Gasteiger charge is 2.48. The average molecular weight is 373 g/mol. The van der Waals surface area contributed by atoms with Crippen LogP contribution in [-0.2, 0) is 19.6 Å². The maximum absolute atomic E-state index is 13.0. The summed E-state index contributed by atoms with van der Waals surface area (Å²) in [4.78, 5) is 37.3. The first-order chi connectivity index (χ1) is 12.4. The van der Waals surface area contributed by atoms with Gasteiger partial charge >= 0.3 is 5.97 Å². The largest absolute Gasteiger partial charge is 0.468 e. The van der Waals surface area contributed by atoms with Gasteiger partial charge in [0.15, 0.2) is 17.6 Å². The molecule has 0 radical (unpaired) electrons. The Balaban J connectivity index is 2.18. The lowest BCUT2D eigenvalue weighted by Crippen LogP contribution is -2.55. The molecule has 2 aromatic rings. The molecule has 0 aromatic heterocycles. The van der Waals surface area contributed by atoms with Gasteiger partial charge in [-0.15, -0.1) is 0 Å². The highest BCUT2D eigenvalue weighted by Crippen LogP contribution is 2.31. The van der Waals surface area contributed by atoms with E-state index in [2.05, 4.69) is 4.74 Å². The number of hydrogen-bond acceptors (Lipinski definition) is 6. The number of methoxy groups -OCH3 is 1. The second-order valence-electron chi connectivity index (χ2n) is 5.62. The zero-order valence-electron chi connectivity index (χ0n) is 13.8. The van der Waals surface area contributed by atoms with Crippen molar-refractivity contribution >= 4 is 27.6 Å². The van der Waals surface area contributed by atoms with E-state index in [0.29, 0.717) is 4.31 Å². The van der Waals surface area contributed by atoms with E-state index in [4.69, 9.17) is 0 Å². The first kappa shape index (κ1) is 18.0. The molecular weight excluding hydrogens is 358 g/mol. The summed E-state index contributed by atoms with van der Waals surface area (Å²) in [6.45, 7) is -0.734.